The molecule has 0 bridgehead atoms. The van der Waals surface area contributed by atoms with Crippen LogP contribution in [-0.2, 0) is 9.53 Å². The third-order valence-corrected chi connectivity index (χ3v) is 3.07. The summed E-state index contributed by atoms with van der Waals surface area (Å²) in [6.07, 6.45) is -0.829. The van der Waals surface area contributed by atoms with Gasteiger partial charge in [-0.2, -0.15) is 0 Å². The highest BCUT2D eigenvalue weighted by molar-refractivity contribution is 6.04. The molecule has 0 spiro atoms. The van der Waals surface area contributed by atoms with Crippen molar-refractivity contribution in [2.75, 3.05) is 6.54 Å². The van der Waals surface area contributed by atoms with E-state index in [-0.39, 0.29) is 5.91 Å². The number of rotatable bonds is 4. The molecule has 1 aromatic carbocycles. The number of esters is 1. The Morgan fingerprint density at radius 2 is 2.05 bits per heavy atom. The molecule has 5 heteroatoms. The van der Waals surface area contributed by atoms with Crippen molar-refractivity contribution in [3.8, 4) is 0 Å². The summed E-state index contributed by atoms with van der Waals surface area (Å²) in [6, 6.07) is 9.03. The molecule has 1 heterocycles. The van der Waals surface area contributed by atoms with Gasteiger partial charge in [-0.3, -0.25) is 9.78 Å². The van der Waals surface area contributed by atoms with Gasteiger partial charge in [-0.25, -0.2) is 4.79 Å². The summed E-state index contributed by atoms with van der Waals surface area (Å²) in [6.45, 7) is 5.68. The Labute approximate surface area is 123 Å². The lowest BCUT2D eigenvalue weighted by Crippen LogP contribution is -2.35. The summed E-state index contributed by atoms with van der Waals surface area (Å²) in [5.74, 6) is -0.823. The minimum absolute atomic E-state index is 0.305. The van der Waals surface area contributed by atoms with E-state index < -0.39 is 12.1 Å². The van der Waals surface area contributed by atoms with Gasteiger partial charge in [-0.1, -0.05) is 18.2 Å². The van der Waals surface area contributed by atoms with Gasteiger partial charge in [0.1, 0.15) is 0 Å². The molecule has 2 rings (SSSR count). The molecule has 1 atom stereocenters. The van der Waals surface area contributed by atoms with Crippen molar-refractivity contribution in [2.24, 2.45) is 0 Å². The number of para-hydroxylation sites is 1. The van der Waals surface area contributed by atoms with Crippen LogP contribution in [0.15, 0.2) is 30.3 Å². The number of aromatic nitrogens is 1. The number of likely N-dealkylation sites (N-methyl/N-ethyl adjacent to an activating group) is 1. The predicted molar refractivity (Wildman–Crippen MR) is 80.0 cm³/mol. The molecule has 0 saturated carbocycles. The zero-order valence-corrected chi connectivity index (χ0v) is 12.3. The molecular formula is C16H18N2O3. The number of hydrogen-bond acceptors (Lipinski definition) is 4. The molecule has 0 radical (unpaired) electrons. The van der Waals surface area contributed by atoms with Crippen molar-refractivity contribution in [3.05, 3.63) is 41.6 Å². The summed E-state index contributed by atoms with van der Waals surface area (Å²) in [5.41, 5.74) is 1.88. The number of carbonyl (C=O) groups is 2. The van der Waals surface area contributed by atoms with Crippen LogP contribution >= 0.6 is 0 Å². The van der Waals surface area contributed by atoms with Gasteiger partial charge < -0.3 is 10.1 Å². The molecule has 2 aromatic rings. The predicted octanol–water partition coefficient (Wildman–Crippen LogP) is 2.22. The zero-order chi connectivity index (χ0) is 15.4. The van der Waals surface area contributed by atoms with E-state index in [1.54, 1.807) is 13.0 Å². The molecule has 5 nitrogen and oxygen atoms in total. The first-order valence-electron chi connectivity index (χ1n) is 6.88. The molecule has 0 aliphatic carbocycles. The van der Waals surface area contributed by atoms with Crippen molar-refractivity contribution < 1.29 is 14.3 Å². The van der Waals surface area contributed by atoms with Gasteiger partial charge in [0.2, 0.25) is 0 Å². The van der Waals surface area contributed by atoms with Crippen LogP contribution < -0.4 is 5.32 Å². The van der Waals surface area contributed by atoms with Crippen LogP contribution in [0.3, 0.4) is 0 Å². The lowest BCUT2D eigenvalue weighted by molar-refractivity contribution is -0.128. The van der Waals surface area contributed by atoms with Crippen LogP contribution in [0.25, 0.3) is 10.9 Å². The van der Waals surface area contributed by atoms with E-state index in [1.807, 2.05) is 38.1 Å². The molecule has 1 N–H and O–H groups in total. The van der Waals surface area contributed by atoms with Gasteiger partial charge in [0.25, 0.3) is 5.91 Å². The fourth-order valence-electron chi connectivity index (χ4n) is 2.07. The van der Waals surface area contributed by atoms with E-state index in [2.05, 4.69) is 10.3 Å². The number of nitrogens with one attached hydrogen (secondary N) is 1. The smallest absolute Gasteiger partial charge is 0.339 e. The van der Waals surface area contributed by atoms with Crippen LogP contribution in [0.2, 0.25) is 0 Å². The third kappa shape index (κ3) is 3.37. The zero-order valence-electron chi connectivity index (χ0n) is 12.3. The van der Waals surface area contributed by atoms with E-state index in [4.69, 9.17) is 4.74 Å². The number of fused-ring (bicyclic) bond motifs is 1. The summed E-state index contributed by atoms with van der Waals surface area (Å²) in [7, 11) is 0. The number of benzene rings is 1. The highest BCUT2D eigenvalue weighted by atomic mass is 16.5. The highest BCUT2D eigenvalue weighted by Crippen LogP contribution is 2.19. The maximum atomic E-state index is 12.3. The van der Waals surface area contributed by atoms with Crippen molar-refractivity contribution in [1.29, 1.82) is 0 Å². The van der Waals surface area contributed by atoms with Gasteiger partial charge >= 0.3 is 5.97 Å². The number of aryl methyl sites for hydroxylation is 1. The van der Waals surface area contributed by atoms with E-state index >= 15 is 0 Å². The Hall–Kier alpha value is -2.43. The second-order valence-corrected chi connectivity index (χ2v) is 4.77. The Kier molecular flexibility index (Phi) is 4.52. The Balaban J connectivity index is 2.29. The number of ether oxygens (including phenoxy) is 1. The highest BCUT2D eigenvalue weighted by Gasteiger charge is 2.20. The molecule has 21 heavy (non-hydrogen) atoms. The molecular weight excluding hydrogens is 268 g/mol. The number of pyridine rings is 1. The fourth-order valence-corrected chi connectivity index (χ4v) is 2.07. The lowest BCUT2D eigenvalue weighted by Gasteiger charge is -2.14. The topological polar surface area (TPSA) is 68.3 Å². The first kappa shape index (κ1) is 15.0. The minimum Gasteiger partial charge on any atom is -0.449 e. The first-order chi connectivity index (χ1) is 10.0. The third-order valence-electron chi connectivity index (χ3n) is 3.07. The maximum Gasteiger partial charge on any atom is 0.339 e. The Bertz CT molecular complexity index is 682. The maximum absolute atomic E-state index is 12.3. The van der Waals surface area contributed by atoms with Gasteiger partial charge in [0, 0.05) is 17.6 Å². The molecule has 0 saturated heterocycles. The number of nitrogens with zero attached hydrogens (tertiary/aromatic N) is 1. The van der Waals surface area contributed by atoms with E-state index in [0.29, 0.717) is 12.1 Å². The average molecular weight is 286 g/mol. The molecule has 1 amide bonds. The molecule has 0 fully saturated rings. The van der Waals surface area contributed by atoms with Crippen molar-refractivity contribution in [3.63, 3.8) is 0 Å². The van der Waals surface area contributed by atoms with E-state index in [0.717, 1.165) is 16.6 Å². The van der Waals surface area contributed by atoms with Crippen LogP contribution in [0, 0.1) is 6.92 Å². The Morgan fingerprint density at radius 1 is 1.33 bits per heavy atom. The average Bonchev–Trinajstić information content (AvgIpc) is 2.46. The van der Waals surface area contributed by atoms with Gasteiger partial charge in [0.15, 0.2) is 6.10 Å². The molecule has 0 aliphatic rings. The lowest BCUT2D eigenvalue weighted by atomic mass is 10.1. The molecule has 0 aliphatic heterocycles. The summed E-state index contributed by atoms with van der Waals surface area (Å²) >= 11 is 0. The number of carbonyl (C=O) groups excluding carboxylic acids is 2. The summed E-state index contributed by atoms with van der Waals surface area (Å²) in [4.78, 5) is 28.3. The monoisotopic (exact) mass is 286 g/mol. The van der Waals surface area contributed by atoms with Crippen molar-refractivity contribution >= 4 is 22.8 Å². The second kappa shape index (κ2) is 6.35. The van der Waals surface area contributed by atoms with E-state index in [1.165, 1.54) is 0 Å². The quantitative estimate of drug-likeness (QED) is 0.875. The van der Waals surface area contributed by atoms with Crippen LogP contribution in [-0.4, -0.2) is 29.5 Å². The van der Waals surface area contributed by atoms with Gasteiger partial charge in [-0.05, 0) is 32.9 Å². The molecule has 110 valence electrons. The van der Waals surface area contributed by atoms with Gasteiger partial charge in [-0.15, -0.1) is 0 Å². The standard InChI is InChI=1S/C16H18N2O3/c1-4-17-15(19)11(3)21-16(20)13-9-10(2)18-14-8-6-5-7-12(13)14/h5-9,11H,4H2,1-3H3,(H,17,19)/t11-/m0/s1. The summed E-state index contributed by atoms with van der Waals surface area (Å²) < 4.78 is 5.24. The van der Waals surface area contributed by atoms with Crippen molar-refractivity contribution in [2.45, 2.75) is 26.9 Å². The minimum atomic E-state index is -0.829. The number of amides is 1. The van der Waals surface area contributed by atoms with Gasteiger partial charge in [0.05, 0.1) is 11.1 Å². The van der Waals surface area contributed by atoms with Crippen LogP contribution in [0.5, 0.6) is 0 Å². The van der Waals surface area contributed by atoms with E-state index in [9.17, 15) is 9.59 Å². The second-order valence-electron chi connectivity index (χ2n) is 4.77. The number of hydrogen-bond donors (Lipinski definition) is 1. The first-order valence-corrected chi connectivity index (χ1v) is 6.88. The Morgan fingerprint density at radius 3 is 2.76 bits per heavy atom. The largest absolute Gasteiger partial charge is 0.449 e. The normalized spacial score (nSPS) is 12.0. The molecule has 0 unspecified atom stereocenters. The van der Waals surface area contributed by atoms with Crippen LogP contribution in [0.4, 0.5) is 0 Å². The summed E-state index contributed by atoms with van der Waals surface area (Å²) in [5, 5.41) is 3.34. The van der Waals surface area contributed by atoms with Crippen molar-refractivity contribution in [1.82, 2.24) is 10.3 Å². The van der Waals surface area contributed by atoms with Crippen LogP contribution in [0.1, 0.15) is 29.9 Å². The molecule has 1 aromatic heterocycles. The fraction of sp³-hybridized carbons (Fsp3) is 0.312. The SMILES string of the molecule is CCNC(=O)[C@H](C)OC(=O)c1cc(C)nc2ccccc12.